The van der Waals surface area contributed by atoms with Gasteiger partial charge in [-0.2, -0.15) is 0 Å². The number of anilines is 1. The SMILES string of the molecule is CCNN(CC)c1cccc(/C(C2=CC=CC/C2=C2\C=C(C)C=CC2=O)=C2\C=C(C)C=CC2=O)c1. The predicted molar refractivity (Wildman–Crippen MR) is 145 cm³/mol. The molecule has 1 aromatic carbocycles. The van der Waals surface area contributed by atoms with Crippen LogP contribution in [0.3, 0.4) is 0 Å². The van der Waals surface area contributed by atoms with Gasteiger partial charge in [0.1, 0.15) is 0 Å². The molecule has 3 aliphatic rings. The summed E-state index contributed by atoms with van der Waals surface area (Å²) in [5.41, 5.74) is 11.5. The van der Waals surface area contributed by atoms with Crippen LogP contribution >= 0.6 is 0 Å². The summed E-state index contributed by atoms with van der Waals surface area (Å²) in [4.78, 5) is 26.1. The van der Waals surface area contributed by atoms with Gasteiger partial charge in [-0.1, -0.05) is 60.6 Å². The maximum atomic E-state index is 13.2. The number of allylic oxidation sites excluding steroid dienone is 16. The van der Waals surface area contributed by atoms with E-state index in [9.17, 15) is 9.59 Å². The van der Waals surface area contributed by atoms with E-state index in [1.54, 1.807) is 12.2 Å². The van der Waals surface area contributed by atoms with Crippen LogP contribution in [0, 0.1) is 0 Å². The fourth-order valence-corrected chi connectivity index (χ4v) is 4.63. The highest BCUT2D eigenvalue weighted by Gasteiger charge is 2.25. The van der Waals surface area contributed by atoms with Crippen LogP contribution in [-0.4, -0.2) is 24.7 Å². The molecule has 1 aromatic rings. The lowest BCUT2D eigenvalue weighted by Crippen LogP contribution is -2.37. The van der Waals surface area contributed by atoms with E-state index >= 15 is 0 Å². The number of nitrogens with zero attached hydrogens (tertiary/aromatic N) is 1. The highest BCUT2D eigenvalue weighted by atomic mass is 16.1. The maximum absolute atomic E-state index is 13.2. The van der Waals surface area contributed by atoms with Crippen molar-refractivity contribution in [3.05, 3.63) is 118 Å². The molecule has 0 bridgehead atoms. The first kappa shape index (κ1) is 24.4. The zero-order chi connectivity index (χ0) is 24.9. The van der Waals surface area contributed by atoms with Crippen LogP contribution in [0.15, 0.2) is 112 Å². The van der Waals surface area contributed by atoms with Crippen LogP contribution in [0.5, 0.6) is 0 Å². The summed E-state index contributed by atoms with van der Waals surface area (Å²) in [6, 6.07) is 8.26. The fourth-order valence-electron chi connectivity index (χ4n) is 4.63. The van der Waals surface area contributed by atoms with Gasteiger partial charge in [0, 0.05) is 29.8 Å². The number of benzene rings is 1. The summed E-state index contributed by atoms with van der Waals surface area (Å²) in [6.07, 6.45) is 17.6. The van der Waals surface area contributed by atoms with Gasteiger partial charge in [0.2, 0.25) is 0 Å². The van der Waals surface area contributed by atoms with Crippen molar-refractivity contribution in [3.63, 3.8) is 0 Å². The Kier molecular flexibility index (Phi) is 7.42. The first-order chi connectivity index (χ1) is 16.9. The van der Waals surface area contributed by atoms with Crippen molar-refractivity contribution < 1.29 is 9.59 Å². The lowest BCUT2D eigenvalue weighted by Gasteiger charge is -2.26. The van der Waals surface area contributed by atoms with Gasteiger partial charge in [-0.05, 0) is 80.3 Å². The minimum Gasteiger partial charge on any atom is -0.309 e. The van der Waals surface area contributed by atoms with Crippen LogP contribution in [0.1, 0.15) is 39.7 Å². The van der Waals surface area contributed by atoms with E-state index in [0.29, 0.717) is 17.6 Å². The lowest BCUT2D eigenvalue weighted by molar-refractivity contribution is -0.111. The van der Waals surface area contributed by atoms with Crippen LogP contribution in [0.2, 0.25) is 0 Å². The van der Waals surface area contributed by atoms with Crippen molar-refractivity contribution >= 4 is 22.8 Å². The molecule has 0 radical (unpaired) electrons. The largest absolute Gasteiger partial charge is 0.309 e. The second-order valence-electron chi connectivity index (χ2n) is 8.87. The number of hydrogen-bond acceptors (Lipinski definition) is 4. The molecule has 0 saturated heterocycles. The Balaban J connectivity index is 1.98. The molecule has 0 unspecified atom stereocenters. The Morgan fingerprint density at radius 3 is 2.46 bits per heavy atom. The van der Waals surface area contributed by atoms with Gasteiger partial charge in [0.05, 0.1) is 5.69 Å². The quantitative estimate of drug-likeness (QED) is 0.406. The van der Waals surface area contributed by atoms with Gasteiger partial charge in [-0.3, -0.25) is 9.59 Å². The van der Waals surface area contributed by atoms with E-state index in [1.807, 2.05) is 62.4 Å². The van der Waals surface area contributed by atoms with Gasteiger partial charge < -0.3 is 5.01 Å². The van der Waals surface area contributed by atoms with Crippen molar-refractivity contribution in [3.8, 4) is 0 Å². The highest BCUT2D eigenvalue weighted by molar-refractivity contribution is 6.16. The molecule has 0 saturated carbocycles. The van der Waals surface area contributed by atoms with Crippen molar-refractivity contribution in [2.75, 3.05) is 18.1 Å². The Labute approximate surface area is 208 Å². The third kappa shape index (κ3) is 5.18. The molecule has 0 atom stereocenters. The lowest BCUT2D eigenvalue weighted by atomic mass is 9.79. The van der Waals surface area contributed by atoms with E-state index in [4.69, 9.17) is 0 Å². The van der Waals surface area contributed by atoms with Gasteiger partial charge >= 0.3 is 0 Å². The molecule has 0 fully saturated rings. The van der Waals surface area contributed by atoms with Crippen molar-refractivity contribution in [2.45, 2.75) is 34.1 Å². The van der Waals surface area contributed by atoms with Crippen LogP contribution in [0.4, 0.5) is 5.69 Å². The van der Waals surface area contributed by atoms with Crippen molar-refractivity contribution in [1.82, 2.24) is 5.43 Å². The van der Waals surface area contributed by atoms with Crippen molar-refractivity contribution in [2.24, 2.45) is 0 Å². The molecule has 178 valence electrons. The summed E-state index contributed by atoms with van der Waals surface area (Å²) >= 11 is 0. The van der Waals surface area contributed by atoms with E-state index in [1.165, 1.54) is 0 Å². The normalized spacial score (nSPS) is 21.1. The molecule has 0 aromatic heterocycles. The monoisotopic (exact) mass is 464 g/mol. The summed E-state index contributed by atoms with van der Waals surface area (Å²) in [6.45, 7) is 9.78. The van der Waals surface area contributed by atoms with Gasteiger partial charge in [0.15, 0.2) is 11.6 Å². The molecule has 4 nitrogen and oxygen atoms in total. The number of carbonyl (C=O) groups excluding carboxylic acids is 2. The summed E-state index contributed by atoms with van der Waals surface area (Å²) < 4.78 is 0. The van der Waals surface area contributed by atoms with E-state index in [2.05, 4.69) is 42.5 Å². The molecule has 3 aliphatic carbocycles. The third-order valence-electron chi connectivity index (χ3n) is 6.29. The van der Waals surface area contributed by atoms with E-state index in [-0.39, 0.29) is 11.6 Å². The minimum atomic E-state index is -0.0311. The molecular formula is C31H32N2O2. The molecule has 0 aliphatic heterocycles. The Bertz CT molecular complexity index is 1310. The molecule has 4 heteroatoms. The molecule has 0 heterocycles. The third-order valence-corrected chi connectivity index (χ3v) is 6.29. The second kappa shape index (κ2) is 10.7. The number of carbonyl (C=O) groups is 2. The first-order valence-corrected chi connectivity index (χ1v) is 12.2. The molecular weight excluding hydrogens is 432 g/mol. The smallest absolute Gasteiger partial charge is 0.186 e. The number of nitrogens with one attached hydrogen (secondary N) is 1. The number of ketones is 2. The average molecular weight is 465 g/mol. The Morgan fingerprint density at radius 1 is 0.971 bits per heavy atom. The summed E-state index contributed by atoms with van der Waals surface area (Å²) in [5.74, 6) is -0.0350. The standard InChI is InChI=1S/C31H32N2O2/c1-5-32-33(6-2)24-11-9-10-23(20-24)31(28-19-22(4)15-17-30(28)35)26-13-8-7-12-25(26)27-18-21(3)14-16-29(27)34/h7-11,13-20,32H,5-6,12H2,1-4H3/b27-25-,31-28-. The zero-order valence-corrected chi connectivity index (χ0v) is 20.9. The fraction of sp³-hybridized carbons (Fsp3) is 0.226. The molecule has 0 spiro atoms. The Hall–Kier alpha value is -3.76. The van der Waals surface area contributed by atoms with Gasteiger partial charge in [-0.25, -0.2) is 5.43 Å². The van der Waals surface area contributed by atoms with Crippen LogP contribution in [0.25, 0.3) is 5.57 Å². The summed E-state index contributed by atoms with van der Waals surface area (Å²) in [7, 11) is 0. The van der Waals surface area contributed by atoms with Gasteiger partial charge in [0.25, 0.3) is 0 Å². The van der Waals surface area contributed by atoms with Crippen LogP contribution < -0.4 is 10.4 Å². The Morgan fingerprint density at radius 2 is 1.71 bits per heavy atom. The average Bonchev–Trinajstić information content (AvgIpc) is 2.87. The number of rotatable bonds is 6. The minimum absolute atomic E-state index is 0.00389. The topological polar surface area (TPSA) is 49.4 Å². The second-order valence-corrected chi connectivity index (χ2v) is 8.87. The molecule has 1 N–H and O–H groups in total. The summed E-state index contributed by atoms with van der Waals surface area (Å²) in [5, 5.41) is 2.10. The number of hydrazine groups is 1. The first-order valence-electron chi connectivity index (χ1n) is 12.2. The van der Waals surface area contributed by atoms with E-state index in [0.717, 1.165) is 52.2 Å². The predicted octanol–water partition coefficient (Wildman–Crippen LogP) is 6.14. The highest BCUT2D eigenvalue weighted by Crippen LogP contribution is 2.40. The maximum Gasteiger partial charge on any atom is 0.186 e. The van der Waals surface area contributed by atoms with Gasteiger partial charge in [-0.15, -0.1) is 0 Å². The molecule has 35 heavy (non-hydrogen) atoms. The zero-order valence-electron chi connectivity index (χ0n) is 20.9. The van der Waals surface area contributed by atoms with E-state index < -0.39 is 0 Å². The van der Waals surface area contributed by atoms with Crippen molar-refractivity contribution in [1.29, 1.82) is 0 Å². The van der Waals surface area contributed by atoms with Crippen LogP contribution in [-0.2, 0) is 9.59 Å². The number of hydrogen-bond donors (Lipinski definition) is 1. The molecule has 4 rings (SSSR count). The molecule has 0 amide bonds.